The topological polar surface area (TPSA) is 60.2 Å². The van der Waals surface area contributed by atoms with E-state index in [4.69, 9.17) is 0 Å². The van der Waals surface area contributed by atoms with Crippen molar-refractivity contribution in [1.82, 2.24) is 0 Å². The molecule has 0 saturated heterocycles. The van der Waals surface area contributed by atoms with Crippen LogP contribution in [0.25, 0.3) is 0 Å². The summed E-state index contributed by atoms with van der Waals surface area (Å²) in [4.78, 5) is 21.2. The van der Waals surface area contributed by atoms with Gasteiger partial charge >= 0.3 is 0 Å². The van der Waals surface area contributed by atoms with E-state index in [0.717, 1.165) is 9.13 Å². The summed E-state index contributed by atoms with van der Waals surface area (Å²) in [6.07, 6.45) is 0. The molecule has 1 aromatic rings. The Morgan fingerprint density at radius 1 is 1.50 bits per heavy atom. The Morgan fingerprint density at radius 2 is 2.07 bits per heavy atom. The standard InChI is InChI=1S/C9H8INO3/c1-5-8(6(2)12)3-7(11(13)14)4-9(5)10/h3-4H,1-2H3. The van der Waals surface area contributed by atoms with Crippen LogP contribution in [0.2, 0.25) is 0 Å². The summed E-state index contributed by atoms with van der Waals surface area (Å²) in [7, 11) is 0. The second kappa shape index (κ2) is 4.04. The fourth-order valence-electron chi connectivity index (χ4n) is 1.14. The highest BCUT2D eigenvalue weighted by molar-refractivity contribution is 14.1. The molecule has 0 radical (unpaired) electrons. The molecule has 1 rings (SSSR count). The monoisotopic (exact) mass is 305 g/mol. The van der Waals surface area contributed by atoms with Gasteiger partial charge in [-0.1, -0.05) is 0 Å². The molecular weight excluding hydrogens is 297 g/mol. The van der Waals surface area contributed by atoms with Crippen molar-refractivity contribution in [3.05, 3.63) is 36.9 Å². The average Bonchev–Trinajstić information content (AvgIpc) is 2.08. The van der Waals surface area contributed by atoms with Crippen LogP contribution >= 0.6 is 22.6 Å². The number of hydrogen-bond donors (Lipinski definition) is 0. The van der Waals surface area contributed by atoms with E-state index in [0.29, 0.717) is 5.56 Å². The van der Waals surface area contributed by atoms with Crippen LogP contribution in [0.4, 0.5) is 5.69 Å². The van der Waals surface area contributed by atoms with Crippen molar-refractivity contribution in [2.24, 2.45) is 0 Å². The van der Waals surface area contributed by atoms with E-state index < -0.39 is 4.92 Å². The Morgan fingerprint density at radius 3 is 2.50 bits per heavy atom. The van der Waals surface area contributed by atoms with Gasteiger partial charge in [0, 0.05) is 21.3 Å². The van der Waals surface area contributed by atoms with Gasteiger partial charge in [0.1, 0.15) is 0 Å². The number of nitrogens with zero attached hydrogens (tertiary/aromatic N) is 1. The van der Waals surface area contributed by atoms with Gasteiger partial charge in [-0.3, -0.25) is 14.9 Å². The first-order valence-corrected chi connectivity index (χ1v) is 4.97. The number of halogens is 1. The Labute approximate surface area is 94.6 Å². The van der Waals surface area contributed by atoms with Crippen molar-refractivity contribution >= 4 is 34.1 Å². The molecule has 0 spiro atoms. The van der Waals surface area contributed by atoms with Gasteiger partial charge in [0.25, 0.3) is 5.69 Å². The van der Waals surface area contributed by atoms with Crippen LogP contribution in [-0.2, 0) is 0 Å². The SMILES string of the molecule is CC(=O)c1cc([N+](=O)[O-])cc(I)c1C. The Kier molecular flexibility index (Phi) is 3.20. The first-order valence-electron chi connectivity index (χ1n) is 3.89. The highest BCUT2D eigenvalue weighted by Crippen LogP contribution is 2.23. The zero-order chi connectivity index (χ0) is 10.9. The number of benzene rings is 1. The maximum Gasteiger partial charge on any atom is 0.271 e. The highest BCUT2D eigenvalue weighted by Gasteiger charge is 2.14. The predicted octanol–water partition coefficient (Wildman–Crippen LogP) is 2.71. The lowest BCUT2D eigenvalue weighted by molar-refractivity contribution is -0.385. The molecular formula is C9H8INO3. The fraction of sp³-hybridized carbons (Fsp3) is 0.222. The number of nitro benzene ring substituents is 1. The molecule has 0 heterocycles. The maximum absolute atomic E-state index is 11.2. The average molecular weight is 305 g/mol. The Bertz CT molecular complexity index is 415. The van der Waals surface area contributed by atoms with E-state index in [-0.39, 0.29) is 11.5 Å². The maximum atomic E-state index is 11.2. The number of ketones is 1. The normalized spacial score (nSPS) is 9.93. The summed E-state index contributed by atoms with van der Waals surface area (Å²) in [6, 6.07) is 2.78. The van der Waals surface area contributed by atoms with Crippen molar-refractivity contribution in [3.63, 3.8) is 0 Å². The molecule has 4 nitrogen and oxygen atoms in total. The van der Waals surface area contributed by atoms with E-state index in [1.165, 1.54) is 19.1 Å². The smallest absolute Gasteiger partial charge is 0.271 e. The van der Waals surface area contributed by atoms with E-state index in [9.17, 15) is 14.9 Å². The lowest BCUT2D eigenvalue weighted by Gasteiger charge is -2.03. The molecule has 0 saturated carbocycles. The lowest BCUT2D eigenvalue weighted by atomic mass is 10.1. The molecule has 5 heteroatoms. The number of hydrogen-bond acceptors (Lipinski definition) is 3. The molecule has 0 aliphatic carbocycles. The van der Waals surface area contributed by atoms with Crippen LogP contribution in [-0.4, -0.2) is 10.7 Å². The third-order valence-electron chi connectivity index (χ3n) is 1.92. The van der Waals surface area contributed by atoms with E-state index in [1.54, 1.807) is 6.92 Å². The quantitative estimate of drug-likeness (QED) is 0.365. The van der Waals surface area contributed by atoms with Crippen molar-refractivity contribution in [2.45, 2.75) is 13.8 Å². The number of nitro groups is 1. The molecule has 0 fully saturated rings. The minimum absolute atomic E-state index is 0.0369. The van der Waals surface area contributed by atoms with Crippen LogP contribution < -0.4 is 0 Å². The molecule has 0 aliphatic rings. The largest absolute Gasteiger partial charge is 0.294 e. The molecule has 74 valence electrons. The van der Waals surface area contributed by atoms with Gasteiger partial charge < -0.3 is 0 Å². The third kappa shape index (κ3) is 2.09. The number of carbonyl (C=O) groups excluding carboxylic acids is 1. The van der Waals surface area contributed by atoms with Crippen molar-refractivity contribution in [2.75, 3.05) is 0 Å². The van der Waals surface area contributed by atoms with Crippen molar-refractivity contribution in [3.8, 4) is 0 Å². The third-order valence-corrected chi connectivity index (χ3v) is 3.04. The number of carbonyl (C=O) groups is 1. The van der Waals surface area contributed by atoms with Gasteiger partial charge in [0.15, 0.2) is 5.78 Å². The van der Waals surface area contributed by atoms with Gasteiger partial charge in [-0.15, -0.1) is 0 Å². The van der Waals surface area contributed by atoms with Gasteiger partial charge in [0.2, 0.25) is 0 Å². The number of rotatable bonds is 2. The summed E-state index contributed by atoms with van der Waals surface area (Å²) in [5, 5.41) is 10.5. The number of non-ortho nitro benzene ring substituents is 1. The van der Waals surface area contributed by atoms with Crippen molar-refractivity contribution < 1.29 is 9.72 Å². The zero-order valence-electron chi connectivity index (χ0n) is 7.70. The minimum Gasteiger partial charge on any atom is -0.294 e. The molecule has 0 unspecified atom stereocenters. The van der Waals surface area contributed by atoms with Gasteiger partial charge in [-0.25, -0.2) is 0 Å². The van der Waals surface area contributed by atoms with E-state index >= 15 is 0 Å². The molecule has 0 atom stereocenters. The van der Waals surface area contributed by atoms with E-state index in [2.05, 4.69) is 0 Å². The van der Waals surface area contributed by atoms with Gasteiger partial charge in [-0.05, 0) is 42.0 Å². The zero-order valence-corrected chi connectivity index (χ0v) is 9.86. The molecule has 0 bridgehead atoms. The highest BCUT2D eigenvalue weighted by atomic mass is 127. The first-order chi connectivity index (χ1) is 6.43. The van der Waals surface area contributed by atoms with Crippen LogP contribution in [0.1, 0.15) is 22.8 Å². The van der Waals surface area contributed by atoms with Crippen LogP contribution in [0.15, 0.2) is 12.1 Å². The summed E-state index contributed by atoms with van der Waals surface area (Å²) in [6.45, 7) is 3.18. The number of Topliss-reactive ketones (excluding diaryl/α,β-unsaturated/α-hetero) is 1. The minimum atomic E-state index is -0.492. The van der Waals surface area contributed by atoms with Crippen LogP contribution in [0.3, 0.4) is 0 Å². The summed E-state index contributed by atoms with van der Waals surface area (Å²) in [5.74, 6) is -0.149. The van der Waals surface area contributed by atoms with Crippen LogP contribution in [0, 0.1) is 20.6 Å². The molecule has 0 amide bonds. The van der Waals surface area contributed by atoms with Crippen LogP contribution in [0.5, 0.6) is 0 Å². The first kappa shape index (κ1) is 11.1. The van der Waals surface area contributed by atoms with E-state index in [1.807, 2.05) is 22.6 Å². The molecule has 0 aromatic heterocycles. The lowest BCUT2D eigenvalue weighted by Crippen LogP contribution is -2.00. The Hall–Kier alpha value is -0.980. The summed E-state index contributed by atoms with van der Waals surface area (Å²) in [5.41, 5.74) is 1.18. The Balaban J connectivity index is 3.43. The predicted molar refractivity (Wildman–Crippen MR) is 60.6 cm³/mol. The van der Waals surface area contributed by atoms with Crippen molar-refractivity contribution in [1.29, 1.82) is 0 Å². The molecule has 14 heavy (non-hydrogen) atoms. The summed E-state index contributed by atoms with van der Waals surface area (Å²) >= 11 is 1.99. The van der Waals surface area contributed by atoms with Gasteiger partial charge in [0.05, 0.1) is 4.92 Å². The second-order valence-electron chi connectivity index (χ2n) is 2.91. The second-order valence-corrected chi connectivity index (χ2v) is 4.08. The molecule has 0 aliphatic heterocycles. The molecule has 0 N–H and O–H groups in total. The fourth-order valence-corrected chi connectivity index (χ4v) is 1.75. The molecule has 1 aromatic carbocycles. The van der Waals surface area contributed by atoms with Gasteiger partial charge in [-0.2, -0.15) is 0 Å². The summed E-state index contributed by atoms with van der Waals surface area (Å²) < 4.78 is 0.738.